The quantitative estimate of drug-likeness (QED) is 0.612. The first-order chi connectivity index (χ1) is 11.2. The number of esters is 1. The summed E-state index contributed by atoms with van der Waals surface area (Å²) in [6.45, 7) is 0. The van der Waals surface area contributed by atoms with Gasteiger partial charge in [0.15, 0.2) is 0 Å². The van der Waals surface area contributed by atoms with E-state index in [1.807, 2.05) is 6.08 Å². The van der Waals surface area contributed by atoms with E-state index in [0.717, 1.165) is 18.9 Å². The van der Waals surface area contributed by atoms with Crippen molar-refractivity contribution in [2.45, 2.75) is 50.1 Å². The number of piperidine rings is 1. The first-order valence-electron chi connectivity index (χ1n) is 8.72. The number of fused-ring (bicyclic) bond motifs is 2. The molecule has 3 heteroatoms. The van der Waals surface area contributed by atoms with Crippen LogP contribution in [0.1, 0.15) is 43.6 Å². The highest BCUT2D eigenvalue weighted by atomic mass is 16.5. The topological polar surface area (TPSA) is 29.5 Å². The van der Waals surface area contributed by atoms with Crippen molar-refractivity contribution in [3.05, 3.63) is 48.0 Å². The van der Waals surface area contributed by atoms with Gasteiger partial charge in [-0.25, -0.2) is 4.79 Å². The highest BCUT2D eigenvalue weighted by Gasteiger charge is 2.45. The molecule has 3 nitrogen and oxygen atoms in total. The van der Waals surface area contributed by atoms with E-state index >= 15 is 0 Å². The van der Waals surface area contributed by atoms with E-state index in [1.165, 1.54) is 31.9 Å². The molecule has 2 aliphatic rings. The highest BCUT2D eigenvalue weighted by molar-refractivity contribution is 5.81. The molecule has 0 radical (unpaired) electrons. The molecule has 3 rings (SSSR count). The zero-order valence-corrected chi connectivity index (χ0v) is 14.2. The number of benzene rings is 1. The molecule has 124 valence electrons. The molecule has 4 atom stereocenters. The molecule has 0 spiro atoms. The van der Waals surface area contributed by atoms with E-state index in [1.54, 1.807) is 6.08 Å². The van der Waals surface area contributed by atoms with Gasteiger partial charge in [-0.15, -0.1) is 0 Å². The Morgan fingerprint density at radius 2 is 2.09 bits per heavy atom. The summed E-state index contributed by atoms with van der Waals surface area (Å²) in [4.78, 5) is 13.8. The van der Waals surface area contributed by atoms with Gasteiger partial charge in [0.05, 0.1) is 7.11 Å². The Morgan fingerprint density at radius 1 is 1.30 bits per heavy atom. The van der Waals surface area contributed by atoms with Crippen molar-refractivity contribution in [1.29, 1.82) is 0 Å². The van der Waals surface area contributed by atoms with Crippen molar-refractivity contribution in [2.75, 3.05) is 14.2 Å². The Hall–Kier alpha value is -1.61. The predicted molar refractivity (Wildman–Crippen MR) is 92.3 cm³/mol. The lowest BCUT2D eigenvalue weighted by Gasteiger charge is -2.43. The molecule has 0 unspecified atom stereocenters. The van der Waals surface area contributed by atoms with Crippen LogP contribution in [0.5, 0.6) is 0 Å². The van der Waals surface area contributed by atoms with Crippen LogP contribution in [0.15, 0.2) is 42.5 Å². The van der Waals surface area contributed by atoms with Crippen molar-refractivity contribution >= 4 is 5.97 Å². The highest BCUT2D eigenvalue weighted by Crippen LogP contribution is 2.47. The number of allylic oxidation sites excluding steroid dienone is 1. The third-order valence-electron chi connectivity index (χ3n) is 5.78. The fourth-order valence-electron chi connectivity index (χ4n) is 4.59. The zero-order valence-electron chi connectivity index (χ0n) is 14.2. The van der Waals surface area contributed by atoms with Gasteiger partial charge in [0, 0.05) is 18.2 Å². The number of ether oxygens (including phenoxy) is 1. The molecule has 0 saturated carbocycles. The van der Waals surface area contributed by atoms with E-state index < -0.39 is 0 Å². The number of hydrogen-bond donors (Lipinski definition) is 0. The molecule has 0 amide bonds. The van der Waals surface area contributed by atoms with Crippen LogP contribution in [0.4, 0.5) is 0 Å². The van der Waals surface area contributed by atoms with Gasteiger partial charge in [0.1, 0.15) is 0 Å². The number of rotatable bonds is 5. The first kappa shape index (κ1) is 16.3. The summed E-state index contributed by atoms with van der Waals surface area (Å²) in [5, 5.41) is 0. The van der Waals surface area contributed by atoms with E-state index in [2.05, 4.69) is 47.0 Å². The molecule has 0 aromatic heterocycles. The standard InChI is InChI=1S/C20H27NO2/c1-21-16-12-13-19(21)17(10-6-7-11-20(22)23-2)18(14-16)15-8-4-3-5-9-15/h3-5,7-9,11,16-19H,6,10,12-14H2,1-2H3/b11-7+/t16-,17-,18+,19+/m0/s1. The summed E-state index contributed by atoms with van der Waals surface area (Å²) < 4.78 is 4.66. The predicted octanol–water partition coefficient (Wildman–Crippen LogP) is 3.76. The van der Waals surface area contributed by atoms with Crippen LogP contribution in [-0.2, 0) is 9.53 Å². The molecule has 1 aromatic carbocycles. The van der Waals surface area contributed by atoms with Crippen LogP contribution >= 0.6 is 0 Å². The molecule has 2 saturated heterocycles. The number of nitrogens with zero attached hydrogens (tertiary/aromatic N) is 1. The molecule has 0 aliphatic carbocycles. The second-order valence-electron chi connectivity index (χ2n) is 6.88. The Kier molecular flexibility index (Phi) is 5.16. The third-order valence-corrected chi connectivity index (χ3v) is 5.78. The molecule has 2 bridgehead atoms. The van der Waals surface area contributed by atoms with E-state index in [-0.39, 0.29) is 5.97 Å². The van der Waals surface area contributed by atoms with Gasteiger partial charge in [-0.3, -0.25) is 0 Å². The number of carbonyl (C=O) groups is 1. The monoisotopic (exact) mass is 313 g/mol. The zero-order chi connectivity index (χ0) is 16.2. The average molecular weight is 313 g/mol. The maximum atomic E-state index is 11.2. The maximum absolute atomic E-state index is 11.2. The molecule has 1 aromatic rings. The summed E-state index contributed by atoms with van der Waals surface area (Å²) in [6, 6.07) is 12.4. The van der Waals surface area contributed by atoms with Crippen molar-refractivity contribution in [3.8, 4) is 0 Å². The number of hydrogen-bond acceptors (Lipinski definition) is 3. The van der Waals surface area contributed by atoms with Gasteiger partial charge in [-0.2, -0.15) is 0 Å². The van der Waals surface area contributed by atoms with E-state index in [9.17, 15) is 4.79 Å². The van der Waals surface area contributed by atoms with Crippen molar-refractivity contribution < 1.29 is 9.53 Å². The van der Waals surface area contributed by atoms with Crippen LogP contribution in [0.2, 0.25) is 0 Å². The van der Waals surface area contributed by atoms with E-state index in [4.69, 9.17) is 0 Å². The minimum Gasteiger partial charge on any atom is -0.466 e. The van der Waals surface area contributed by atoms with Crippen molar-refractivity contribution in [2.24, 2.45) is 5.92 Å². The summed E-state index contributed by atoms with van der Waals surface area (Å²) in [6.07, 6.45) is 9.51. The van der Waals surface area contributed by atoms with Gasteiger partial charge in [-0.05, 0) is 56.6 Å². The lowest BCUT2D eigenvalue weighted by atomic mass is 9.74. The van der Waals surface area contributed by atoms with Gasteiger partial charge in [0.25, 0.3) is 0 Å². The Labute approximate surface area is 139 Å². The van der Waals surface area contributed by atoms with Crippen LogP contribution in [0.3, 0.4) is 0 Å². The van der Waals surface area contributed by atoms with Gasteiger partial charge in [0.2, 0.25) is 0 Å². The van der Waals surface area contributed by atoms with Crippen LogP contribution in [0, 0.1) is 5.92 Å². The van der Waals surface area contributed by atoms with Gasteiger partial charge in [-0.1, -0.05) is 36.4 Å². The first-order valence-corrected chi connectivity index (χ1v) is 8.72. The minimum absolute atomic E-state index is 0.258. The Bertz CT molecular complexity index is 554. The van der Waals surface area contributed by atoms with Gasteiger partial charge >= 0.3 is 5.97 Å². The number of carbonyl (C=O) groups excluding carboxylic acids is 1. The summed E-state index contributed by atoms with van der Waals surface area (Å²) >= 11 is 0. The fourth-order valence-corrected chi connectivity index (χ4v) is 4.59. The molecular weight excluding hydrogens is 286 g/mol. The third kappa shape index (κ3) is 3.50. The fraction of sp³-hybridized carbons (Fsp3) is 0.550. The van der Waals surface area contributed by atoms with Gasteiger partial charge < -0.3 is 9.64 Å². The normalized spacial score (nSPS) is 30.7. The smallest absolute Gasteiger partial charge is 0.330 e. The Balaban J connectivity index is 1.72. The number of methoxy groups -OCH3 is 1. The molecule has 0 N–H and O–H groups in total. The molecule has 2 heterocycles. The second kappa shape index (κ2) is 7.31. The summed E-state index contributed by atoms with van der Waals surface area (Å²) in [5.41, 5.74) is 1.49. The van der Waals surface area contributed by atoms with Crippen LogP contribution < -0.4 is 0 Å². The average Bonchev–Trinajstić information content (AvgIpc) is 2.83. The maximum Gasteiger partial charge on any atom is 0.330 e. The molecule has 2 fully saturated rings. The summed E-state index contributed by atoms with van der Waals surface area (Å²) in [5.74, 6) is 1.06. The van der Waals surface area contributed by atoms with Crippen molar-refractivity contribution in [1.82, 2.24) is 4.90 Å². The van der Waals surface area contributed by atoms with Crippen LogP contribution in [0.25, 0.3) is 0 Å². The SMILES string of the molecule is COC(=O)/C=C/CC[C@H]1[C@@H](c2ccccc2)C[C@@H]2CC[C@H]1N2C. The minimum atomic E-state index is -0.258. The lowest BCUT2D eigenvalue weighted by Crippen LogP contribution is -2.45. The van der Waals surface area contributed by atoms with Crippen LogP contribution in [-0.4, -0.2) is 37.1 Å². The largest absolute Gasteiger partial charge is 0.466 e. The van der Waals surface area contributed by atoms with Crippen molar-refractivity contribution in [3.63, 3.8) is 0 Å². The second-order valence-corrected chi connectivity index (χ2v) is 6.88. The summed E-state index contributed by atoms with van der Waals surface area (Å²) in [7, 11) is 3.72. The molecular formula is C20H27NO2. The molecule has 2 aliphatic heterocycles. The Morgan fingerprint density at radius 3 is 2.83 bits per heavy atom. The molecule has 23 heavy (non-hydrogen) atoms. The lowest BCUT2D eigenvalue weighted by molar-refractivity contribution is -0.134. The van der Waals surface area contributed by atoms with E-state index in [0.29, 0.717) is 17.9 Å².